The van der Waals surface area contributed by atoms with Gasteiger partial charge >= 0.3 is 0 Å². The van der Waals surface area contributed by atoms with Gasteiger partial charge in [-0.1, -0.05) is 20.8 Å². The predicted octanol–water partition coefficient (Wildman–Crippen LogP) is 2.45. The van der Waals surface area contributed by atoms with Crippen molar-refractivity contribution in [3.63, 3.8) is 0 Å². The molecule has 1 N–H and O–H groups in total. The second-order valence-corrected chi connectivity index (χ2v) is 6.17. The van der Waals surface area contributed by atoms with E-state index in [0.29, 0.717) is 11.6 Å². The van der Waals surface area contributed by atoms with E-state index in [4.69, 9.17) is 0 Å². The van der Waals surface area contributed by atoms with Crippen molar-refractivity contribution in [2.75, 3.05) is 19.6 Å². The zero-order valence-corrected chi connectivity index (χ0v) is 10.6. The molecule has 0 bridgehead atoms. The SMILES string of the molecule is CC1CCN(C2NCCCC2(C)C)CC1. The van der Waals surface area contributed by atoms with Gasteiger partial charge in [-0.3, -0.25) is 4.90 Å². The molecule has 2 heterocycles. The van der Waals surface area contributed by atoms with E-state index in [1.807, 2.05) is 0 Å². The van der Waals surface area contributed by atoms with Crippen LogP contribution in [0.1, 0.15) is 46.5 Å². The molecule has 15 heavy (non-hydrogen) atoms. The van der Waals surface area contributed by atoms with E-state index >= 15 is 0 Å². The molecule has 2 fully saturated rings. The van der Waals surface area contributed by atoms with Crippen LogP contribution in [0.2, 0.25) is 0 Å². The van der Waals surface area contributed by atoms with Crippen LogP contribution >= 0.6 is 0 Å². The van der Waals surface area contributed by atoms with Crippen molar-refractivity contribution in [2.45, 2.75) is 52.6 Å². The minimum absolute atomic E-state index is 0.457. The van der Waals surface area contributed by atoms with Crippen molar-refractivity contribution in [1.29, 1.82) is 0 Å². The Kier molecular flexibility index (Phi) is 3.36. The number of hydrogen-bond acceptors (Lipinski definition) is 2. The van der Waals surface area contributed by atoms with Crippen LogP contribution in [0.15, 0.2) is 0 Å². The van der Waals surface area contributed by atoms with Crippen molar-refractivity contribution >= 4 is 0 Å². The Hall–Kier alpha value is -0.0800. The van der Waals surface area contributed by atoms with Gasteiger partial charge in [0, 0.05) is 0 Å². The number of nitrogens with one attached hydrogen (secondary N) is 1. The third-order valence-electron chi connectivity index (χ3n) is 4.26. The van der Waals surface area contributed by atoms with Gasteiger partial charge in [0.1, 0.15) is 0 Å². The molecule has 0 aliphatic carbocycles. The van der Waals surface area contributed by atoms with Crippen LogP contribution in [-0.2, 0) is 0 Å². The van der Waals surface area contributed by atoms with Gasteiger partial charge in [0.25, 0.3) is 0 Å². The summed E-state index contributed by atoms with van der Waals surface area (Å²) in [4.78, 5) is 2.68. The third-order valence-corrected chi connectivity index (χ3v) is 4.26. The molecular weight excluding hydrogens is 184 g/mol. The summed E-state index contributed by atoms with van der Waals surface area (Å²) in [5.74, 6) is 0.938. The molecule has 0 saturated carbocycles. The summed E-state index contributed by atoms with van der Waals surface area (Å²) < 4.78 is 0. The molecule has 0 aromatic carbocycles. The maximum atomic E-state index is 3.72. The molecule has 88 valence electrons. The average Bonchev–Trinajstić information content (AvgIpc) is 2.19. The minimum Gasteiger partial charge on any atom is -0.301 e. The second-order valence-electron chi connectivity index (χ2n) is 6.17. The van der Waals surface area contributed by atoms with Gasteiger partial charge in [-0.25, -0.2) is 0 Å². The molecule has 2 saturated heterocycles. The Morgan fingerprint density at radius 3 is 2.47 bits per heavy atom. The summed E-state index contributed by atoms with van der Waals surface area (Å²) in [6.45, 7) is 11.0. The van der Waals surface area contributed by atoms with Crippen molar-refractivity contribution in [3.8, 4) is 0 Å². The van der Waals surface area contributed by atoms with Crippen LogP contribution in [0.5, 0.6) is 0 Å². The Labute approximate surface area is 94.4 Å². The Morgan fingerprint density at radius 2 is 1.87 bits per heavy atom. The minimum atomic E-state index is 0.457. The van der Waals surface area contributed by atoms with Crippen LogP contribution in [0.3, 0.4) is 0 Å². The topological polar surface area (TPSA) is 15.3 Å². The fourth-order valence-corrected chi connectivity index (χ4v) is 3.11. The quantitative estimate of drug-likeness (QED) is 0.715. The maximum Gasteiger partial charge on any atom is 0.0649 e. The second kappa shape index (κ2) is 4.42. The fourth-order valence-electron chi connectivity index (χ4n) is 3.11. The van der Waals surface area contributed by atoms with E-state index in [9.17, 15) is 0 Å². The summed E-state index contributed by atoms with van der Waals surface area (Å²) in [7, 11) is 0. The molecule has 2 rings (SSSR count). The van der Waals surface area contributed by atoms with Crippen LogP contribution < -0.4 is 5.32 Å². The van der Waals surface area contributed by atoms with Gasteiger partial charge in [-0.05, 0) is 56.7 Å². The van der Waals surface area contributed by atoms with E-state index < -0.39 is 0 Å². The molecule has 0 aromatic heterocycles. The zero-order chi connectivity index (χ0) is 10.9. The average molecular weight is 210 g/mol. The van der Waals surface area contributed by atoms with Gasteiger partial charge < -0.3 is 5.32 Å². The van der Waals surface area contributed by atoms with Crippen LogP contribution in [0, 0.1) is 11.3 Å². The van der Waals surface area contributed by atoms with E-state index in [2.05, 4.69) is 31.0 Å². The highest BCUT2D eigenvalue weighted by atomic mass is 15.3. The fraction of sp³-hybridized carbons (Fsp3) is 1.00. The lowest BCUT2D eigenvalue weighted by atomic mass is 9.80. The van der Waals surface area contributed by atoms with Crippen molar-refractivity contribution < 1.29 is 0 Å². The van der Waals surface area contributed by atoms with Gasteiger partial charge in [-0.15, -0.1) is 0 Å². The van der Waals surface area contributed by atoms with Gasteiger partial charge in [0.2, 0.25) is 0 Å². The highest BCUT2D eigenvalue weighted by Crippen LogP contribution is 2.33. The normalized spacial score (nSPS) is 34.2. The van der Waals surface area contributed by atoms with Crippen LogP contribution in [0.4, 0.5) is 0 Å². The van der Waals surface area contributed by atoms with Gasteiger partial charge in [-0.2, -0.15) is 0 Å². The van der Waals surface area contributed by atoms with E-state index in [-0.39, 0.29) is 0 Å². The highest BCUT2D eigenvalue weighted by Gasteiger charge is 2.36. The molecule has 0 spiro atoms. The lowest BCUT2D eigenvalue weighted by Crippen LogP contribution is -2.58. The summed E-state index contributed by atoms with van der Waals surface area (Å²) in [6.07, 6.45) is 6.10. The number of nitrogens with zero attached hydrogens (tertiary/aromatic N) is 1. The first-order chi connectivity index (χ1) is 7.09. The highest BCUT2D eigenvalue weighted by molar-refractivity contribution is 4.89. The Bertz CT molecular complexity index is 205. The number of hydrogen-bond donors (Lipinski definition) is 1. The first-order valence-corrected chi connectivity index (χ1v) is 6.57. The summed E-state index contributed by atoms with van der Waals surface area (Å²) in [5, 5.41) is 3.72. The molecular formula is C13H26N2. The first-order valence-electron chi connectivity index (χ1n) is 6.57. The molecule has 0 aromatic rings. The Morgan fingerprint density at radius 1 is 1.20 bits per heavy atom. The van der Waals surface area contributed by atoms with E-state index in [0.717, 1.165) is 5.92 Å². The van der Waals surface area contributed by atoms with Crippen LogP contribution in [-0.4, -0.2) is 30.7 Å². The standard InChI is InChI=1S/C13H26N2/c1-11-5-9-15(10-6-11)12-13(2,3)7-4-8-14-12/h11-12,14H,4-10H2,1-3H3. The predicted molar refractivity (Wildman–Crippen MR) is 64.8 cm³/mol. The summed E-state index contributed by atoms with van der Waals surface area (Å²) in [5.41, 5.74) is 0.457. The van der Waals surface area contributed by atoms with Gasteiger partial charge in [0.15, 0.2) is 0 Å². The van der Waals surface area contributed by atoms with Crippen molar-refractivity contribution in [3.05, 3.63) is 0 Å². The van der Waals surface area contributed by atoms with Crippen molar-refractivity contribution in [2.24, 2.45) is 11.3 Å². The molecule has 2 nitrogen and oxygen atoms in total. The number of piperidine rings is 2. The first kappa shape index (κ1) is 11.4. The Balaban J connectivity index is 1.96. The molecule has 2 aliphatic rings. The summed E-state index contributed by atoms with van der Waals surface area (Å²) >= 11 is 0. The molecule has 2 heteroatoms. The molecule has 0 radical (unpaired) electrons. The van der Waals surface area contributed by atoms with Gasteiger partial charge in [0.05, 0.1) is 6.17 Å². The monoisotopic (exact) mass is 210 g/mol. The van der Waals surface area contributed by atoms with Crippen LogP contribution in [0.25, 0.3) is 0 Å². The number of likely N-dealkylation sites (tertiary alicyclic amines) is 1. The molecule has 0 amide bonds. The van der Waals surface area contributed by atoms with E-state index in [1.165, 1.54) is 45.3 Å². The molecule has 1 unspecified atom stereocenters. The largest absolute Gasteiger partial charge is 0.301 e. The molecule has 1 atom stereocenters. The molecule has 2 aliphatic heterocycles. The third kappa shape index (κ3) is 2.54. The summed E-state index contributed by atoms with van der Waals surface area (Å²) in [6, 6.07) is 0. The zero-order valence-electron chi connectivity index (χ0n) is 10.6. The number of rotatable bonds is 1. The smallest absolute Gasteiger partial charge is 0.0649 e. The van der Waals surface area contributed by atoms with Crippen molar-refractivity contribution in [1.82, 2.24) is 10.2 Å². The maximum absolute atomic E-state index is 3.72. The van der Waals surface area contributed by atoms with E-state index in [1.54, 1.807) is 0 Å². The lowest BCUT2D eigenvalue weighted by molar-refractivity contribution is 0.0123. The lowest BCUT2D eigenvalue weighted by Gasteiger charge is -2.47.